The Morgan fingerprint density at radius 3 is 1.19 bits per heavy atom. The molecular formula is C59H90NO8P. The van der Waals surface area contributed by atoms with Crippen molar-refractivity contribution in [2.75, 3.05) is 26.4 Å². The highest BCUT2D eigenvalue weighted by atomic mass is 31.2. The van der Waals surface area contributed by atoms with Crippen LogP contribution in [0.15, 0.2) is 170 Å². The summed E-state index contributed by atoms with van der Waals surface area (Å²) in [5, 5.41) is 0. The van der Waals surface area contributed by atoms with Crippen molar-refractivity contribution in [1.29, 1.82) is 0 Å². The summed E-state index contributed by atoms with van der Waals surface area (Å²) in [6.45, 7) is 3.33. The molecule has 0 aliphatic rings. The van der Waals surface area contributed by atoms with Gasteiger partial charge in [-0.15, -0.1) is 0 Å². The average molecular weight is 972 g/mol. The van der Waals surface area contributed by atoms with Crippen molar-refractivity contribution in [2.45, 2.75) is 161 Å². The van der Waals surface area contributed by atoms with Gasteiger partial charge in [0, 0.05) is 13.0 Å². The van der Waals surface area contributed by atoms with Gasteiger partial charge in [-0.2, -0.15) is 0 Å². The molecule has 2 atom stereocenters. The number of phosphoric ester groups is 1. The lowest BCUT2D eigenvalue weighted by Gasteiger charge is -2.19. The van der Waals surface area contributed by atoms with Gasteiger partial charge in [0.25, 0.3) is 0 Å². The number of rotatable bonds is 45. The van der Waals surface area contributed by atoms with Gasteiger partial charge in [0.15, 0.2) is 6.10 Å². The summed E-state index contributed by atoms with van der Waals surface area (Å²) in [7, 11) is -4.42. The van der Waals surface area contributed by atoms with Crippen LogP contribution in [0.2, 0.25) is 0 Å². The van der Waals surface area contributed by atoms with Crippen LogP contribution >= 0.6 is 7.82 Å². The second-order valence-corrected chi connectivity index (χ2v) is 17.4. The minimum absolute atomic E-state index is 0.0281. The Kier molecular flexibility index (Phi) is 49.2. The molecule has 0 aromatic heterocycles. The van der Waals surface area contributed by atoms with E-state index < -0.39 is 32.5 Å². The zero-order valence-electron chi connectivity index (χ0n) is 42.5. The van der Waals surface area contributed by atoms with E-state index in [1.54, 1.807) is 6.08 Å². The summed E-state index contributed by atoms with van der Waals surface area (Å²) in [4.78, 5) is 34.9. The predicted octanol–water partition coefficient (Wildman–Crippen LogP) is 15.9. The maximum atomic E-state index is 12.6. The first-order chi connectivity index (χ1) is 33.8. The van der Waals surface area contributed by atoms with Crippen LogP contribution in [0.3, 0.4) is 0 Å². The largest absolute Gasteiger partial charge is 0.472 e. The van der Waals surface area contributed by atoms with Gasteiger partial charge in [-0.25, -0.2) is 4.57 Å². The SMILES string of the molecule is CC/C=C\C/C=C\C/C=C\C/C=C\C/C=C\C/C=C\C/C=C\C/C=C\C/C=C\CCCCCCCC(=O)OC(COC(=O)C/C=C\C/C=C\C/C=C\C/C=C\C/C=C\CC)COP(=O)(O)OCCN. The second-order valence-electron chi connectivity index (χ2n) is 15.9. The van der Waals surface area contributed by atoms with Crippen LogP contribution in [0, 0.1) is 0 Å². The highest BCUT2D eigenvalue weighted by molar-refractivity contribution is 7.47. The standard InChI is InChI=1S/C59H90NO8P/c1-3-5-7-9-11-13-15-17-19-20-21-22-23-24-25-26-27-28-29-30-31-32-33-34-35-36-38-40-42-44-46-48-50-52-59(62)68-57(56-67-69(63,64)66-54-53-60)55-65-58(61)51-49-47-45-43-41-39-37-18-16-14-12-10-8-6-4-2/h5-8,11-14,17-19,21-22,24-25,27-28,30-31,33-34,36-38,41,43,47,49,57H,3-4,9-10,15-16,20,23,26,29,32,35,39-40,42,44-46,48,50-56,60H2,1-2H3,(H,63,64)/b7-5-,8-6-,13-11-,14-12-,19-17-,22-21-,25-24-,28-27-,31-30-,34-33-,37-18-,38-36-,43-41-,49-47-. The third kappa shape index (κ3) is 52.6. The lowest BCUT2D eigenvalue weighted by molar-refractivity contribution is -0.160. The molecule has 0 aliphatic carbocycles. The first-order valence-electron chi connectivity index (χ1n) is 25.6. The molecule has 0 amide bonds. The molecule has 0 radical (unpaired) electrons. The van der Waals surface area contributed by atoms with Gasteiger partial charge < -0.3 is 20.1 Å². The average Bonchev–Trinajstić information content (AvgIpc) is 3.34. The van der Waals surface area contributed by atoms with E-state index in [1.807, 2.05) is 12.2 Å². The smallest absolute Gasteiger partial charge is 0.461 e. The number of hydrogen-bond donors (Lipinski definition) is 2. The number of hydrogen-bond acceptors (Lipinski definition) is 8. The number of phosphoric acid groups is 1. The summed E-state index contributed by atoms with van der Waals surface area (Å²) in [6.07, 6.45) is 78.6. The summed E-state index contributed by atoms with van der Waals surface area (Å²) in [5.74, 6) is -1.02. The molecule has 0 aliphatic heterocycles. The van der Waals surface area contributed by atoms with Crippen molar-refractivity contribution in [1.82, 2.24) is 0 Å². The van der Waals surface area contributed by atoms with Crippen molar-refractivity contribution < 1.29 is 37.6 Å². The van der Waals surface area contributed by atoms with Gasteiger partial charge in [-0.3, -0.25) is 18.6 Å². The van der Waals surface area contributed by atoms with E-state index in [0.717, 1.165) is 116 Å². The lowest BCUT2D eigenvalue weighted by Crippen LogP contribution is -2.29. The molecule has 10 heteroatoms. The fourth-order valence-electron chi connectivity index (χ4n) is 5.93. The molecule has 3 N–H and O–H groups in total. The van der Waals surface area contributed by atoms with Gasteiger partial charge in [-0.1, -0.05) is 203 Å². The summed E-state index contributed by atoms with van der Waals surface area (Å²) >= 11 is 0. The van der Waals surface area contributed by atoms with E-state index in [-0.39, 0.29) is 32.6 Å². The fourth-order valence-corrected chi connectivity index (χ4v) is 6.70. The van der Waals surface area contributed by atoms with Gasteiger partial charge in [0.1, 0.15) is 6.61 Å². The molecule has 0 fully saturated rings. The molecule has 0 heterocycles. The summed E-state index contributed by atoms with van der Waals surface area (Å²) in [6, 6.07) is 0. The van der Waals surface area contributed by atoms with E-state index >= 15 is 0 Å². The van der Waals surface area contributed by atoms with Crippen molar-refractivity contribution in [3.05, 3.63) is 170 Å². The van der Waals surface area contributed by atoms with Crippen LogP contribution in [0.25, 0.3) is 0 Å². The Hall–Kier alpha value is -4.63. The number of allylic oxidation sites excluding steroid dienone is 27. The molecular weight excluding hydrogens is 882 g/mol. The third-order valence-electron chi connectivity index (χ3n) is 9.63. The lowest BCUT2D eigenvalue weighted by atomic mass is 10.1. The fraction of sp³-hybridized carbons (Fsp3) is 0.492. The molecule has 69 heavy (non-hydrogen) atoms. The van der Waals surface area contributed by atoms with Gasteiger partial charge in [0.2, 0.25) is 0 Å². The van der Waals surface area contributed by atoms with Crippen LogP contribution in [-0.4, -0.2) is 49.3 Å². The highest BCUT2D eigenvalue weighted by Crippen LogP contribution is 2.43. The Balaban J connectivity index is 4.20. The van der Waals surface area contributed by atoms with Crippen LogP contribution in [-0.2, 0) is 32.7 Å². The Labute approximate surface area is 419 Å². The summed E-state index contributed by atoms with van der Waals surface area (Å²) < 4.78 is 32.7. The molecule has 0 spiro atoms. The van der Waals surface area contributed by atoms with Crippen LogP contribution in [0.5, 0.6) is 0 Å². The number of carbonyl (C=O) groups is 2. The van der Waals surface area contributed by atoms with E-state index in [2.05, 4.69) is 166 Å². The molecule has 0 aromatic rings. The van der Waals surface area contributed by atoms with E-state index in [1.165, 1.54) is 0 Å². The molecule has 0 saturated heterocycles. The topological polar surface area (TPSA) is 134 Å². The van der Waals surface area contributed by atoms with Gasteiger partial charge >= 0.3 is 19.8 Å². The number of unbranched alkanes of at least 4 members (excludes halogenated alkanes) is 5. The van der Waals surface area contributed by atoms with E-state index in [0.29, 0.717) is 12.8 Å². The zero-order valence-corrected chi connectivity index (χ0v) is 43.4. The molecule has 384 valence electrons. The van der Waals surface area contributed by atoms with E-state index in [4.69, 9.17) is 24.3 Å². The van der Waals surface area contributed by atoms with Crippen LogP contribution < -0.4 is 5.73 Å². The maximum absolute atomic E-state index is 12.6. The molecule has 0 bridgehead atoms. The molecule has 2 unspecified atom stereocenters. The molecule has 0 saturated carbocycles. The van der Waals surface area contributed by atoms with Gasteiger partial charge in [-0.05, 0) is 109 Å². The van der Waals surface area contributed by atoms with Crippen LogP contribution in [0.4, 0.5) is 0 Å². The summed E-state index contributed by atoms with van der Waals surface area (Å²) in [5.41, 5.74) is 5.35. The normalized spacial score (nSPS) is 14.6. The Morgan fingerprint density at radius 2 is 0.797 bits per heavy atom. The minimum atomic E-state index is -4.42. The van der Waals surface area contributed by atoms with E-state index in [9.17, 15) is 19.0 Å². The number of nitrogens with two attached hydrogens (primary N) is 1. The Bertz CT molecular complexity index is 1720. The van der Waals surface area contributed by atoms with Crippen molar-refractivity contribution in [2.24, 2.45) is 5.73 Å². The molecule has 0 aromatic carbocycles. The first-order valence-corrected chi connectivity index (χ1v) is 27.1. The quantitative estimate of drug-likeness (QED) is 0.0265. The van der Waals surface area contributed by atoms with Gasteiger partial charge in [0.05, 0.1) is 19.6 Å². The van der Waals surface area contributed by atoms with Crippen LogP contribution in [0.1, 0.15) is 155 Å². The number of esters is 2. The van der Waals surface area contributed by atoms with Crippen molar-refractivity contribution in [3.63, 3.8) is 0 Å². The van der Waals surface area contributed by atoms with Crippen molar-refractivity contribution in [3.8, 4) is 0 Å². The third-order valence-corrected chi connectivity index (χ3v) is 10.6. The molecule has 0 rings (SSSR count). The maximum Gasteiger partial charge on any atom is 0.472 e. The second kappa shape index (κ2) is 52.7. The highest BCUT2D eigenvalue weighted by Gasteiger charge is 2.25. The minimum Gasteiger partial charge on any atom is -0.461 e. The molecule has 9 nitrogen and oxygen atoms in total. The predicted molar refractivity (Wildman–Crippen MR) is 293 cm³/mol. The number of ether oxygens (including phenoxy) is 2. The van der Waals surface area contributed by atoms with Crippen molar-refractivity contribution >= 4 is 19.8 Å². The zero-order chi connectivity index (χ0) is 50.2. The Morgan fingerprint density at radius 1 is 0.449 bits per heavy atom. The monoisotopic (exact) mass is 972 g/mol. The first kappa shape index (κ1) is 64.4. The number of carbonyl (C=O) groups excluding carboxylic acids is 2.